The molecule has 0 radical (unpaired) electrons. The third kappa shape index (κ3) is 2.98. The molecule has 96 valence electrons. The summed E-state index contributed by atoms with van der Waals surface area (Å²) >= 11 is 0. The van der Waals surface area contributed by atoms with Gasteiger partial charge in [0.15, 0.2) is 0 Å². The van der Waals surface area contributed by atoms with Crippen molar-refractivity contribution in [1.29, 1.82) is 5.26 Å². The molecule has 1 aliphatic heterocycles. The molecule has 1 unspecified atom stereocenters. The Kier molecular flexibility index (Phi) is 4.14. The maximum absolute atomic E-state index is 8.96. The Hall–Kier alpha value is -1.63. The van der Waals surface area contributed by atoms with Crippen LogP contribution >= 0.6 is 0 Å². The highest BCUT2D eigenvalue weighted by Crippen LogP contribution is 2.22. The van der Waals surface area contributed by atoms with Gasteiger partial charge in [-0.1, -0.05) is 13.3 Å². The van der Waals surface area contributed by atoms with Crippen LogP contribution in [0.5, 0.6) is 0 Å². The third-order valence-corrected chi connectivity index (χ3v) is 3.66. The summed E-state index contributed by atoms with van der Waals surface area (Å²) in [4.78, 5) is 11.0. The Morgan fingerprint density at radius 1 is 1.39 bits per heavy atom. The number of hydrogen-bond donors (Lipinski definition) is 0. The molecule has 0 bridgehead atoms. The molecule has 4 nitrogen and oxygen atoms in total. The molecule has 4 heteroatoms. The van der Waals surface area contributed by atoms with E-state index in [1.165, 1.54) is 25.7 Å². The summed E-state index contributed by atoms with van der Waals surface area (Å²) in [5, 5.41) is 8.96. The topological polar surface area (TPSA) is 52.8 Å². The molecule has 18 heavy (non-hydrogen) atoms. The smallest absolute Gasteiger partial charge is 0.226 e. The number of anilines is 1. The van der Waals surface area contributed by atoms with E-state index in [9.17, 15) is 0 Å². The van der Waals surface area contributed by atoms with Gasteiger partial charge < -0.3 is 4.90 Å². The first-order valence-electron chi connectivity index (χ1n) is 6.73. The van der Waals surface area contributed by atoms with E-state index in [-0.39, 0.29) is 0 Å². The molecule has 1 aromatic rings. The van der Waals surface area contributed by atoms with Crippen molar-refractivity contribution in [2.75, 3.05) is 18.0 Å². The third-order valence-electron chi connectivity index (χ3n) is 3.66. The quantitative estimate of drug-likeness (QED) is 0.802. The van der Waals surface area contributed by atoms with Crippen molar-refractivity contribution >= 4 is 5.95 Å². The van der Waals surface area contributed by atoms with E-state index in [0.717, 1.165) is 30.6 Å². The lowest BCUT2D eigenvalue weighted by Gasteiger charge is -2.20. The van der Waals surface area contributed by atoms with Gasteiger partial charge in [-0.25, -0.2) is 9.97 Å². The highest BCUT2D eigenvalue weighted by molar-refractivity contribution is 5.36. The fraction of sp³-hybridized carbons (Fsp3) is 0.643. The molecule has 1 aromatic heterocycles. The van der Waals surface area contributed by atoms with Gasteiger partial charge in [-0.3, -0.25) is 0 Å². The number of nitrogens with zero attached hydrogens (tertiary/aromatic N) is 4. The van der Waals surface area contributed by atoms with Gasteiger partial charge in [-0.2, -0.15) is 5.26 Å². The summed E-state index contributed by atoms with van der Waals surface area (Å²) in [7, 11) is 0. The minimum atomic E-state index is 0.466. The highest BCUT2D eigenvalue weighted by Gasteiger charge is 2.18. The van der Waals surface area contributed by atoms with Crippen LogP contribution in [0, 0.1) is 24.2 Å². The Morgan fingerprint density at radius 2 is 2.22 bits per heavy atom. The summed E-state index contributed by atoms with van der Waals surface area (Å²) in [6.07, 6.45) is 4.95. The first-order valence-corrected chi connectivity index (χ1v) is 6.73. The number of aromatic nitrogens is 2. The normalized spacial score (nSPS) is 20.3. The van der Waals surface area contributed by atoms with E-state index in [0.29, 0.717) is 5.69 Å². The minimum absolute atomic E-state index is 0.466. The van der Waals surface area contributed by atoms with E-state index in [1.807, 2.05) is 6.92 Å². The lowest BCUT2D eigenvalue weighted by Crippen LogP contribution is -2.26. The molecular formula is C14H20N4. The van der Waals surface area contributed by atoms with Crippen LogP contribution in [-0.4, -0.2) is 23.1 Å². The fourth-order valence-corrected chi connectivity index (χ4v) is 2.53. The predicted molar refractivity (Wildman–Crippen MR) is 71.3 cm³/mol. The molecule has 0 N–H and O–H groups in total. The van der Waals surface area contributed by atoms with Crippen LogP contribution in [0.3, 0.4) is 0 Å². The average Bonchev–Trinajstić information content (AvgIpc) is 2.63. The molecule has 0 spiro atoms. The van der Waals surface area contributed by atoms with Crippen molar-refractivity contribution in [3.63, 3.8) is 0 Å². The summed E-state index contributed by atoms with van der Waals surface area (Å²) in [5.41, 5.74) is 1.33. The molecule has 1 saturated heterocycles. The second kappa shape index (κ2) is 5.81. The maximum atomic E-state index is 8.96. The first-order chi connectivity index (χ1) is 8.72. The van der Waals surface area contributed by atoms with Gasteiger partial charge in [0.2, 0.25) is 5.95 Å². The van der Waals surface area contributed by atoms with Crippen LogP contribution in [0.2, 0.25) is 0 Å². The average molecular weight is 244 g/mol. The summed E-state index contributed by atoms with van der Waals surface area (Å²) in [6.45, 7) is 6.19. The van der Waals surface area contributed by atoms with Crippen molar-refractivity contribution in [3.05, 3.63) is 17.5 Å². The van der Waals surface area contributed by atoms with E-state index in [2.05, 4.69) is 27.9 Å². The molecule has 0 aliphatic carbocycles. The number of aryl methyl sites for hydroxylation is 1. The zero-order valence-electron chi connectivity index (χ0n) is 11.2. The van der Waals surface area contributed by atoms with Gasteiger partial charge in [0.05, 0.1) is 0 Å². The number of rotatable bonds is 2. The minimum Gasteiger partial charge on any atom is -0.341 e. The molecule has 0 aromatic carbocycles. The van der Waals surface area contributed by atoms with Crippen molar-refractivity contribution in [2.24, 2.45) is 5.92 Å². The second-order valence-electron chi connectivity index (χ2n) is 5.00. The second-order valence-corrected chi connectivity index (χ2v) is 5.00. The van der Waals surface area contributed by atoms with Crippen LogP contribution in [0.4, 0.5) is 5.95 Å². The number of nitriles is 1. The zero-order chi connectivity index (χ0) is 13.0. The first kappa shape index (κ1) is 12.8. The van der Waals surface area contributed by atoms with Gasteiger partial charge in [0.1, 0.15) is 11.8 Å². The Morgan fingerprint density at radius 3 is 2.94 bits per heavy atom. The van der Waals surface area contributed by atoms with Crippen LogP contribution in [0.15, 0.2) is 6.07 Å². The van der Waals surface area contributed by atoms with E-state index in [1.54, 1.807) is 6.07 Å². The predicted octanol–water partition coefficient (Wildman–Crippen LogP) is 2.67. The van der Waals surface area contributed by atoms with Gasteiger partial charge in [-0.15, -0.1) is 0 Å². The van der Waals surface area contributed by atoms with Crippen LogP contribution < -0.4 is 4.90 Å². The van der Waals surface area contributed by atoms with Gasteiger partial charge in [0, 0.05) is 18.8 Å². The van der Waals surface area contributed by atoms with Crippen molar-refractivity contribution in [3.8, 4) is 6.07 Å². The monoisotopic (exact) mass is 244 g/mol. The van der Waals surface area contributed by atoms with E-state index >= 15 is 0 Å². The van der Waals surface area contributed by atoms with Crippen molar-refractivity contribution < 1.29 is 0 Å². The molecule has 2 rings (SSSR count). The van der Waals surface area contributed by atoms with Crippen LogP contribution in [-0.2, 0) is 0 Å². The van der Waals surface area contributed by atoms with E-state index < -0.39 is 0 Å². The Bertz CT molecular complexity index is 450. The molecule has 1 fully saturated rings. The highest BCUT2D eigenvalue weighted by atomic mass is 15.2. The van der Waals surface area contributed by atoms with E-state index in [4.69, 9.17) is 5.26 Å². The van der Waals surface area contributed by atoms with Crippen molar-refractivity contribution in [1.82, 2.24) is 9.97 Å². The standard InChI is InChI=1S/C14H20N4/c1-3-12-5-4-7-18(8-6-12)14-16-11(2)9-13(10-15)17-14/h9,12H,3-8H2,1-2H3. The number of hydrogen-bond acceptors (Lipinski definition) is 4. The van der Waals surface area contributed by atoms with Crippen LogP contribution in [0.1, 0.15) is 44.0 Å². The lowest BCUT2D eigenvalue weighted by molar-refractivity contribution is 0.459. The summed E-state index contributed by atoms with van der Waals surface area (Å²) < 4.78 is 0. The molecule has 2 heterocycles. The van der Waals surface area contributed by atoms with Crippen molar-refractivity contribution in [2.45, 2.75) is 39.5 Å². The van der Waals surface area contributed by atoms with Gasteiger partial charge >= 0.3 is 0 Å². The molecule has 1 aliphatic rings. The molecule has 1 atom stereocenters. The Balaban J connectivity index is 2.16. The maximum Gasteiger partial charge on any atom is 0.226 e. The van der Waals surface area contributed by atoms with Gasteiger partial charge in [0.25, 0.3) is 0 Å². The molecule has 0 amide bonds. The fourth-order valence-electron chi connectivity index (χ4n) is 2.53. The molecule has 0 saturated carbocycles. The zero-order valence-corrected chi connectivity index (χ0v) is 11.2. The van der Waals surface area contributed by atoms with Gasteiger partial charge in [-0.05, 0) is 38.2 Å². The largest absolute Gasteiger partial charge is 0.341 e. The SMILES string of the molecule is CCC1CCCN(c2nc(C)cc(C#N)n2)CC1. The summed E-state index contributed by atoms with van der Waals surface area (Å²) in [6, 6.07) is 3.84. The Labute approximate surface area is 109 Å². The lowest BCUT2D eigenvalue weighted by atomic mass is 9.98. The summed E-state index contributed by atoms with van der Waals surface area (Å²) in [5.74, 6) is 1.55. The molecular weight excluding hydrogens is 224 g/mol. The van der Waals surface area contributed by atoms with Crippen LogP contribution in [0.25, 0.3) is 0 Å².